The fraction of sp³-hybridized carbons (Fsp3) is 0.588. The smallest absolute Gasteiger partial charge is 0.317 e. The molecule has 0 aliphatic carbocycles. The Kier molecular flexibility index (Phi) is 5.80. The summed E-state index contributed by atoms with van der Waals surface area (Å²) in [6, 6.07) is 7.99. The summed E-state index contributed by atoms with van der Waals surface area (Å²) in [4.78, 5) is 14.1. The van der Waals surface area contributed by atoms with Crippen LogP contribution in [0, 0.1) is 0 Å². The zero-order valence-corrected chi connectivity index (χ0v) is 13.7. The van der Waals surface area contributed by atoms with Crippen LogP contribution in [0.5, 0.6) is 0 Å². The molecule has 0 aromatic heterocycles. The highest BCUT2D eigenvalue weighted by atomic mass is 16.5. The Balaban J connectivity index is 1.91. The Bertz CT molecular complexity index is 502. The number of ether oxygens (including phenoxy) is 2. The van der Waals surface area contributed by atoms with Crippen LogP contribution in [0.25, 0.3) is 0 Å². The normalized spacial score (nSPS) is 17.3. The van der Waals surface area contributed by atoms with Crippen LogP contribution in [0.3, 0.4) is 0 Å². The van der Waals surface area contributed by atoms with Crippen molar-refractivity contribution in [2.24, 2.45) is 0 Å². The lowest BCUT2D eigenvalue weighted by atomic mass is 10.1. The number of amides is 2. The van der Waals surface area contributed by atoms with Crippen LogP contribution in [0.1, 0.15) is 31.9 Å². The highest BCUT2D eigenvalue weighted by Gasteiger charge is 2.29. The molecule has 1 aromatic rings. The second-order valence-corrected chi connectivity index (χ2v) is 6.09. The van der Waals surface area contributed by atoms with E-state index in [0.29, 0.717) is 39.5 Å². The number of morpholine rings is 1. The predicted octanol–water partition coefficient (Wildman–Crippen LogP) is 2.54. The van der Waals surface area contributed by atoms with Gasteiger partial charge >= 0.3 is 6.03 Å². The number of rotatable bonds is 5. The topological polar surface area (TPSA) is 50.8 Å². The summed E-state index contributed by atoms with van der Waals surface area (Å²) in [5.74, 6) is 0. The Morgan fingerprint density at radius 1 is 1.36 bits per heavy atom. The summed E-state index contributed by atoms with van der Waals surface area (Å²) in [6.07, 6.45) is 0. The molecule has 2 amide bonds. The number of carbonyl (C=O) groups excluding carboxylic acids is 1. The maximum absolute atomic E-state index is 12.3. The maximum atomic E-state index is 12.3. The maximum Gasteiger partial charge on any atom is 0.317 e. The molecular weight excluding hydrogens is 280 g/mol. The van der Waals surface area contributed by atoms with Gasteiger partial charge in [-0.3, -0.25) is 0 Å². The minimum absolute atomic E-state index is 0.0393. The van der Waals surface area contributed by atoms with E-state index in [4.69, 9.17) is 9.47 Å². The third kappa shape index (κ3) is 4.71. The van der Waals surface area contributed by atoms with Crippen molar-refractivity contribution in [1.29, 1.82) is 0 Å². The molecule has 0 bridgehead atoms. The minimum Gasteiger partial charge on any atom is -0.377 e. The van der Waals surface area contributed by atoms with Crippen molar-refractivity contribution in [2.75, 3.05) is 26.3 Å². The molecule has 2 rings (SSSR count). The fourth-order valence-corrected chi connectivity index (χ4v) is 2.56. The van der Waals surface area contributed by atoms with Crippen molar-refractivity contribution in [3.05, 3.63) is 35.4 Å². The molecule has 0 radical (unpaired) electrons. The summed E-state index contributed by atoms with van der Waals surface area (Å²) < 4.78 is 11.1. The summed E-state index contributed by atoms with van der Waals surface area (Å²) in [5, 5.41) is 3.00. The Morgan fingerprint density at radius 3 is 2.77 bits per heavy atom. The van der Waals surface area contributed by atoms with E-state index < -0.39 is 0 Å². The van der Waals surface area contributed by atoms with E-state index in [1.807, 2.05) is 49.9 Å². The lowest BCUT2D eigenvalue weighted by Gasteiger charge is -2.38. The molecule has 1 fully saturated rings. The van der Waals surface area contributed by atoms with Crippen LogP contribution in [-0.4, -0.2) is 42.8 Å². The molecule has 1 saturated heterocycles. The molecule has 0 saturated carbocycles. The summed E-state index contributed by atoms with van der Waals surface area (Å²) in [6.45, 7) is 9.59. The first-order valence-corrected chi connectivity index (χ1v) is 7.83. The second kappa shape index (κ2) is 7.61. The van der Waals surface area contributed by atoms with E-state index >= 15 is 0 Å². The van der Waals surface area contributed by atoms with E-state index in [1.54, 1.807) is 0 Å². The molecule has 0 spiro atoms. The van der Waals surface area contributed by atoms with Crippen molar-refractivity contribution < 1.29 is 14.3 Å². The van der Waals surface area contributed by atoms with Crippen molar-refractivity contribution in [1.82, 2.24) is 10.2 Å². The van der Waals surface area contributed by atoms with Gasteiger partial charge in [-0.1, -0.05) is 24.3 Å². The highest BCUT2D eigenvalue weighted by molar-refractivity contribution is 5.74. The van der Waals surface area contributed by atoms with Crippen LogP contribution in [-0.2, 0) is 22.6 Å². The van der Waals surface area contributed by atoms with Gasteiger partial charge in [0, 0.05) is 19.7 Å². The number of nitrogens with zero attached hydrogens (tertiary/aromatic N) is 1. The highest BCUT2D eigenvalue weighted by Crippen LogP contribution is 2.16. The lowest BCUT2D eigenvalue weighted by Crippen LogP contribution is -2.53. The third-order valence-electron chi connectivity index (χ3n) is 3.72. The van der Waals surface area contributed by atoms with Gasteiger partial charge in [-0.25, -0.2) is 4.79 Å². The standard InChI is InChI=1S/C17H26N2O3/c1-4-21-12-15-8-6-5-7-14(15)11-18-16(20)19-9-10-22-17(2,3)13-19/h5-8H,4,9-13H2,1-3H3,(H,18,20). The van der Waals surface area contributed by atoms with Crippen molar-refractivity contribution in [3.63, 3.8) is 0 Å². The molecule has 122 valence electrons. The van der Waals surface area contributed by atoms with E-state index in [9.17, 15) is 4.79 Å². The second-order valence-electron chi connectivity index (χ2n) is 6.09. The van der Waals surface area contributed by atoms with Gasteiger partial charge < -0.3 is 19.7 Å². The quantitative estimate of drug-likeness (QED) is 0.909. The zero-order valence-electron chi connectivity index (χ0n) is 13.7. The lowest BCUT2D eigenvalue weighted by molar-refractivity contribution is -0.0733. The number of carbonyl (C=O) groups is 1. The van der Waals surface area contributed by atoms with Gasteiger partial charge in [0.15, 0.2) is 0 Å². The van der Waals surface area contributed by atoms with Gasteiger partial charge in [0.2, 0.25) is 0 Å². The van der Waals surface area contributed by atoms with Gasteiger partial charge in [-0.15, -0.1) is 0 Å². The molecule has 5 nitrogen and oxygen atoms in total. The summed E-state index contributed by atoms with van der Waals surface area (Å²) >= 11 is 0. The van der Waals surface area contributed by atoms with Crippen LogP contribution in [0.4, 0.5) is 4.79 Å². The average molecular weight is 306 g/mol. The molecule has 0 unspecified atom stereocenters. The number of urea groups is 1. The van der Waals surface area contributed by atoms with Crippen LogP contribution >= 0.6 is 0 Å². The molecule has 1 aliphatic heterocycles. The van der Waals surface area contributed by atoms with Gasteiger partial charge in [0.05, 0.1) is 25.4 Å². The van der Waals surface area contributed by atoms with Gasteiger partial charge in [0.1, 0.15) is 0 Å². The first-order chi connectivity index (χ1) is 10.5. The monoisotopic (exact) mass is 306 g/mol. The Labute approximate surface area is 132 Å². The molecule has 1 aliphatic rings. The number of hydrogen-bond donors (Lipinski definition) is 1. The Morgan fingerprint density at radius 2 is 2.09 bits per heavy atom. The SMILES string of the molecule is CCOCc1ccccc1CNC(=O)N1CCOC(C)(C)C1. The predicted molar refractivity (Wildman–Crippen MR) is 85.6 cm³/mol. The average Bonchev–Trinajstić information content (AvgIpc) is 2.50. The third-order valence-corrected chi connectivity index (χ3v) is 3.72. The van der Waals surface area contributed by atoms with E-state index in [-0.39, 0.29) is 11.6 Å². The Hall–Kier alpha value is -1.59. The molecule has 0 atom stereocenters. The van der Waals surface area contributed by atoms with Crippen molar-refractivity contribution in [3.8, 4) is 0 Å². The first kappa shape index (κ1) is 16.8. The van der Waals surface area contributed by atoms with E-state index in [1.165, 1.54) is 0 Å². The van der Waals surface area contributed by atoms with Crippen LogP contribution in [0.2, 0.25) is 0 Å². The number of benzene rings is 1. The van der Waals surface area contributed by atoms with Crippen molar-refractivity contribution in [2.45, 2.75) is 39.5 Å². The molecule has 1 aromatic carbocycles. The number of hydrogen-bond acceptors (Lipinski definition) is 3. The fourth-order valence-electron chi connectivity index (χ4n) is 2.56. The molecule has 1 heterocycles. The summed E-state index contributed by atoms with van der Waals surface area (Å²) in [7, 11) is 0. The zero-order chi connectivity index (χ0) is 16.0. The van der Waals surface area contributed by atoms with Gasteiger partial charge in [-0.2, -0.15) is 0 Å². The molecular formula is C17H26N2O3. The number of nitrogens with one attached hydrogen (secondary N) is 1. The molecule has 5 heteroatoms. The van der Waals surface area contributed by atoms with Crippen molar-refractivity contribution >= 4 is 6.03 Å². The molecule has 1 N–H and O–H groups in total. The van der Waals surface area contributed by atoms with Crippen LogP contribution < -0.4 is 5.32 Å². The van der Waals surface area contributed by atoms with Gasteiger partial charge in [-0.05, 0) is 31.9 Å². The van der Waals surface area contributed by atoms with E-state index in [0.717, 1.165) is 11.1 Å². The minimum atomic E-state index is -0.275. The molecule has 22 heavy (non-hydrogen) atoms. The summed E-state index contributed by atoms with van der Waals surface area (Å²) in [5.41, 5.74) is 1.94. The van der Waals surface area contributed by atoms with Gasteiger partial charge in [0.25, 0.3) is 0 Å². The first-order valence-electron chi connectivity index (χ1n) is 7.83. The van der Waals surface area contributed by atoms with E-state index in [2.05, 4.69) is 5.32 Å². The van der Waals surface area contributed by atoms with Crippen LogP contribution in [0.15, 0.2) is 24.3 Å². The largest absolute Gasteiger partial charge is 0.377 e.